The molecule has 350 valence electrons. The Morgan fingerprint density at radius 3 is 0.831 bits per heavy atom. The molecule has 0 spiro atoms. The zero-order valence-corrected chi connectivity index (χ0v) is 40.4. The van der Waals surface area contributed by atoms with E-state index in [9.17, 15) is 14.4 Å². The number of hydrogen-bond acceptors (Lipinski definition) is 6. The topological polar surface area (TPSA) is 78.9 Å². The highest BCUT2D eigenvalue weighted by molar-refractivity contribution is 5.71. The van der Waals surface area contributed by atoms with Gasteiger partial charge in [-0.05, 0) is 31.1 Å². The molecule has 0 bridgehead atoms. The van der Waals surface area contributed by atoms with Crippen molar-refractivity contribution in [3.05, 3.63) is 0 Å². The van der Waals surface area contributed by atoms with Crippen LogP contribution in [0, 0.1) is 11.8 Å². The summed E-state index contributed by atoms with van der Waals surface area (Å²) in [6, 6.07) is 0. The second-order valence-electron chi connectivity index (χ2n) is 19.1. The van der Waals surface area contributed by atoms with Crippen LogP contribution in [0.2, 0.25) is 0 Å². The van der Waals surface area contributed by atoms with E-state index in [-0.39, 0.29) is 31.1 Å². The number of carbonyl (C=O) groups excluding carboxylic acids is 3. The Hall–Kier alpha value is -1.59. The number of rotatable bonds is 47. The van der Waals surface area contributed by atoms with Gasteiger partial charge in [-0.25, -0.2) is 0 Å². The summed E-state index contributed by atoms with van der Waals surface area (Å²) in [7, 11) is 0. The van der Waals surface area contributed by atoms with Crippen LogP contribution >= 0.6 is 0 Å². The summed E-state index contributed by atoms with van der Waals surface area (Å²) in [4.78, 5) is 37.9. The minimum absolute atomic E-state index is 0.0648. The fourth-order valence-corrected chi connectivity index (χ4v) is 7.99. The van der Waals surface area contributed by atoms with Crippen molar-refractivity contribution in [2.75, 3.05) is 13.2 Å². The highest BCUT2D eigenvalue weighted by Crippen LogP contribution is 2.17. The molecule has 0 aromatic carbocycles. The highest BCUT2D eigenvalue weighted by atomic mass is 16.6. The lowest BCUT2D eigenvalue weighted by Gasteiger charge is -2.18. The predicted octanol–water partition coefficient (Wildman–Crippen LogP) is 16.9. The van der Waals surface area contributed by atoms with Gasteiger partial charge in [0.15, 0.2) is 6.10 Å². The van der Waals surface area contributed by atoms with Gasteiger partial charge in [0, 0.05) is 19.3 Å². The van der Waals surface area contributed by atoms with E-state index in [1.54, 1.807) is 0 Å². The molecule has 6 nitrogen and oxygen atoms in total. The van der Waals surface area contributed by atoms with Gasteiger partial charge in [-0.2, -0.15) is 0 Å². The van der Waals surface area contributed by atoms with Crippen LogP contribution in [-0.2, 0) is 28.6 Å². The van der Waals surface area contributed by atoms with Crippen molar-refractivity contribution in [2.24, 2.45) is 11.8 Å². The van der Waals surface area contributed by atoms with E-state index in [4.69, 9.17) is 14.2 Å². The first kappa shape index (κ1) is 57.4. The standard InChI is InChI=1S/C53H102O6/c1-6-7-8-9-10-11-12-13-14-15-16-17-18-21-24-27-33-38-43-51(54)57-46-50(59-53(56)45-40-35-30-29-32-37-42-49(4)5)47-58-52(55)44-39-34-28-25-22-19-20-23-26-31-36-41-48(2)3/h48-50H,6-47H2,1-5H3/t50-/m1/s1. The second-order valence-corrected chi connectivity index (χ2v) is 19.1. The van der Waals surface area contributed by atoms with Crippen molar-refractivity contribution >= 4 is 17.9 Å². The maximum Gasteiger partial charge on any atom is 0.306 e. The van der Waals surface area contributed by atoms with Crippen molar-refractivity contribution in [1.29, 1.82) is 0 Å². The van der Waals surface area contributed by atoms with Crippen molar-refractivity contribution < 1.29 is 28.6 Å². The summed E-state index contributed by atoms with van der Waals surface area (Å²) in [6.07, 6.45) is 46.8. The third kappa shape index (κ3) is 47.3. The SMILES string of the molecule is CCCCCCCCCCCCCCCCCCCCC(=O)OC[C@H](COC(=O)CCCCCCCCCCCCCC(C)C)OC(=O)CCCCCCCCC(C)C. The number of ether oxygens (including phenoxy) is 3. The molecule has 0 radical (unpaired) electrons. The molecule has 6 heteroatoms. The van der Waals surface area contributed by atoms with E-state index in [1.807, 2.05) is 0 Å². The predicted molar refractivity (Wildman–Crippen MR) is 252 cm³/mol. The lowest BCUT2D eigenvalue weighted by molar-refractivity contribution is -0.167. The molecule has 1 atom stereocenters. The van der Waals surface area contributed by atoms with E-state index in [1.165, 1.54) is 180 Å². The van der Waals surface area contributed by atoms with Crippen molar-refractivity contribution in [3.8, 4) is 0 Å². The molecule has 0 amide bonds. The molecule has 0 N–H and O–H groups in total. The minimum atomic E-state index is -0.762. The number of esters is 3. The lowest BCUT2D eigenvalue weighted by Crippen LogP contribution is -2.30. The summed E-state index contributed by atoms with van der Waals surface area (Å²) in [5.74, 6) is 0.732. The van der Waals surface area contributed by atoms with E-state index in [2.05, 4.69) is 34.6 Å². The molecule has 0 aliphatic carbocycles. The molecule has 0 saturated carbocycles. The molecule has 0 aromatic rings. The molecule has 0 heterocycles. The normalized spacial score (nSPS) is 12.1. The van der Waals surface area contributed by atoms with E-state index in [0.717, 1.165) is 69.6 Å². The summed E-state index contributed by atoms with van der Waals surface area (Å²) in [5, 5.41) is 0. The van der Waals surface area contributed by atoms with Crippen molar-refractivity contribution in [2.45, 2.75) is 298 Å². The van der Waals surface area contributed by atoms with Gasteiger partial charge >= 0.3 is 17.9 Å². The van der Waals surface area contributed by atoms with E-state index >= 15 is 0 Å². The van der Waals surface area contributed by atoms with Gasteiger partial charge < -0.3 is 14.2 Å². The Kier molecular flexibility index (Phi) is 44.7. The van der Waals surface area contributed by atoms with E-state index in [0.29, 0.717) is 19.3 Å². The fourth-order valence-electron chi connectivity index (χ4n) is 7.99. The van der Waals surface area contributed by atoms with Crippen LogP contribution in [0.1, 0.15) is 291 Å². The Bertz CT molecular complexity index is 900. The molecular formula is C53H102O6. The van der Waals surface area contributed by atoms with Crippen LogP contribution in [0.3, 0.4) is 0 Å². The van der Waals surface area contributed by atoms with Gasteiger partial charge in [0.25, 0.3) is 0 Å². The first-order valence-corrected chi connectivity index (χ1v) is 26.2. The Morgan fingerprint density at radius 2 is 0.559 bits per heavy atom. The van der Waals surface area contributed by atoms with Crippen LogP contribution in [0.4, 0.5) is 0 Å². The molecule has 0 saturated heterocycles. The minimum Gasteiger partial charge on any atom is -0.462 e. The van der Waals surface area contributed by atoms with Gasteiger partial charge in [-0.3, -0.25) is 14.4 Å². The van der Waals surface area contributed by atoms with Crippen LogP contribution in [0.15, 0.2) is 0 Å². The lowest BCUT2D eigenvalue weighted by atomic mass is 10.0. The summed E-state index contributed by atoms with van der Waals surface area (Å²) >= 11 is 0. The molecule has 59 heavy (non-hydrogen) atoms. The van der Waals surface area contributed by atoms with Gasteiger partial charge in [0.2, 0.25) is 0 Å². The maximum atomic E-state index is 12.7. The van der Waals surface area contributed by atoms with Crippen LogP contribution in [-0.4, -0.2) is 37.2 Å². The first-order chi connectivity index (χ1) is 28.7. The Balaban J connectivity index is 4.22. The first-order valence-electron chi connectivity index (χ1n) is 26.2. The molecule has 0 rings (SSSR count). The number of unbranched alkanes of at least 4 members (excludes halogenated alkanes) is 32. The largest absolute Gasteiger partial charge is 0.462 e. The average molecular weight is 835 g/mol. The molecule has 0 fully saturated rings. The second kappa shape index (κ2) is 45.9. The van der Waals surface area contributed by atoms with Crippen LogP contribution < -0.4 is 0 Å². The average Bonchev–Trinajstić information content (AvgIpc) is 3.20. The highest BCUT2D eigenvalue weighted by Gasteiger charge is 2.19. The quantitative estimate of drug-likeness (QED) is 0.0345. The van der Waals surface area contributed by atoms with Crippen molar-refractivity contribution in [1.82, 2.24) is 0 Å². The van der Waals surface area contributed by atoms with Crippen LogP contribution in [0.5, 0.6) is 0 Å². The zero-order chi connectivity index (χ0) is 43.3. The monoisotopic (exact) mass is 835 g/mol. The fraction of sp³-hybridized carbons (Fsp3) is 0.943. The van der Waals surface area contributed by atoms with Gasteiger partial charge in [0.05, 0.1) is 0 Å². The van der Waals surface area contributed by atoms with Gasteiger partial charge in [0.1, 0.15) is 13.2 Å². The molecule has 0 unspecified atom stereocenters. The third-order valence-electron chi connectivity index (χ3n) is 12.0. The van der Waals surface area contributed by atoms with Gasteiger partial charge in [-0.1, -0.05) is 253 Å². The van der Waals surface area contributed by atoms with E-state index < -0.39 is 6.10 Å². The molecule has 0 aliphatic rings. The molecular weight excluding hydrogens is 733 g/mol. The van der Waals surface area contributed by atoms with Crippen molar-refractivity contribution in [3.63, 3.8) is 0 Å². The van der Waals surface area contributed by atoms with Crippen LogP contribution in [0.25, 0.3) is 0 Å². The molecule has 0 aromatic heterocycles. The third-order valence-corrected chi connectivity index (χ3v) is 12.0. The smallest absolute Gasteiger partial charge is 0.306 e. The Labute approximate surface area is 368 Å². The van der Waals surface area contributed by atoms with Gasteiger partial charge in [-0.15, -0.1) is 0 Å². The summed E-state index contributed by atoms with van der Waals surface area (Å²) < 4.78 is 16.8. The number of carbonyl (C=O) groups is 3. The summed E-state index contributed by atoms with van der Waals surface area (Å²) in [5.41, 5.74) is 0. The maximum absolute atomic E-state index is 12.7. The molecule has 0 aliphatic heterocycles. The number of hydrogen-bond donors (Lipinski definition) is 0. The zero-order valence-electron chi connectivity index (χ0n) is 40.4. The Morgan fingerprint density at radius 1 is 0.322 bits per heavy atom. The summed E-state index contributed by atoms with van der Waals surface area (Å²) in [6.45, 7) is 11.3.